The third-order valence-corrected chi connectivity index (χ3v) is 4.73. The third-order valence-electron chi connectivity index (χ3n) is 4.11. The molecule has 0 bridgehead atoms. The number of aromatic nitrogens is 1. The van der Waals surface area contributed by atoms with Crippen molar-refractivity contribution in [1.82, 2.24) is 4.98 Å². The molecule has 0 spiro atoms. The predicted octanol–water partition coefficient (Wildman–Crippen LogP) is 6.28. The number of carbonyl (C=O) groups excluding carboxylic acids is 1. The molecule has 0 amide bonds. The van der Waals surface area contributed by atoms with Crippen molar-refractivity contribution in [3.05, 3.63) is 58.6 Å². The summed E-state index contributed by atoms with van der Waals surface area (Å²) in [6.07, 6.45) is 0. The first kappa shape index (κ1) is 18.7. The van der Waals surface area contributed by atoms with E-state index in [0.717, 1.165) is 16.9 Å². The smallest absolute Gasteiger partial charge is 0.253 e. The molecular formula is C21H19Cl2NO2. The van der Waals surface area contributed by atoms with E-state index in [-0.39, 0.29) is 0 Å². The summed E-state index contributed by atoms with van der Waals surface area (Å²) < 4.78 is 5.71. The highest BCUT2D eigenvalue weighted by Crippen LogP contribution is 2.31. The van der Waals surface area contributed by atoms with Crippen molar-refractivity contribution in [2.75, 3.05) is 6.61 Å². The minimum atomic E-state index is -0.516. The maximum absolute atomic E-state index is 11.9. The van der Waals surface area contributed by atoms with Crippen LogP contribution < -0.4 is 4.74 Å². The number of aryl methyl sites for hydroxylation is 1. The van der Waals surface area contributed by atoms with Gasteiger partial charge in [0.1, 0.15) is 5.75 Å². The van der Waals surface area contributed by atoms with E-state index in [1.807, 2.05) is 31.2 Å². The molecule has 0 aliphatic heterocycles. The van der Waals surface area contributed by atoms with Gasteiger partial charge in [0.15, 0.2) is 0 Å². The zero-order chi connectivity index (χ0) is 18.8. The summed E-state index contributed by atoms with van der Waals surface area (Å²) in [6.45, 7) is 6.75. The fourth-order valence-corrected chi connectivity index (χ4v) is 3.01. The highest BCUT2D eigenvalue weighted by atomic mass is 35.5. The molecule has 3 aromatic rings. The summed E-state index contributed by atoms with van der Waals surface area (Å²) in [5.41, 5.74) is 3.47. The maximum atomic E-state index is 11.9. The van der Waals surface area contributed by atoms with Gasteiger partial charge in [0.2, 0.25) is 0 Å². The average Bonchev–Trinajstić information content (AvgIpc) is 2.62. The highest BCUT2D eigenvalue weighted by Gasteiger charge is 2.15. The molecule has 0 aliphatic rings. The number of hydrogen-bond acceptors (Lipinski definition) is 3. The van der Waals surface area contributed by atoms with Gasteiger partial charge in [-0.2, -0.15) is 0 Å². The number of fused-ring (bicyclic) bond motifs is 1. The number of pyridine rings is 1. The summed E-state index contributed by atoms with van der Waals surface area (Å²) in [4.78, 5) is 16.6. The van der Waals surface area contributed by atoms with Crippen LogP contribution in [-0.2, 0) is 0 Å². The van der Waals surface area contributed by atoms with Crippen molar-refractivity contribution in [1.29, 1.82) is 0 Å². The Labute approximate surface area is 162 Å². The second-order valence-electron chi connectivity index (χ2n) is 6.63. The van der Waals surface area contributed by atoms with Gasteiger partial charge in [0.25, 0.3) is 5.24 Å². The van der Waals surface area contributed by atoms with Crippen molar-refractivity contribution >= 4 is 39.3 Å². The van der Waals surface area contributed by atoms with E-state index >= 15 is 0 Å². The van der Waals surface area contributed by atoms with Gasteiger partial charge in [-0.25, -0.2) is 4.98 Å². The normalized spacial score (nSPS) is 11.2. The minimum Gasteiger partial charge on any atom is -0.493 e. The Morgan fingerprint density at radius 3 is 2.46 bits per heavy atom. The van der Waals surface area contributed by atoms with Crippen LogP contribution in [0.15, 0.2) is 42.5 Å². The number of nitrogens with zero attached hydrogens (tertiary/aromatic N) is 1. The van der Waals surface area contributed by atoms with Crippen molar-refractivity contribution in [3.63, 3.8) is 0 Å². The standard InChI is InChI=1S/C21H19Cl2NO2/c1-12(2)11-26-15-6-4-14(5-7-15)19-10-17(21(23)25)16-8-9-18(22)13(3)20(16)24-19/h4-10,12H,11H2,1-3H3. The van der Waals surface area contributed by atoms with Crippen LogP contribution in [0, 0.1) is 12.8 Å². The molecule has 0 aliphatic carbocycles. The summed E-state index contributed by atoms with van der Waals surface area (Å²) in [7, 11) is 0. The first-order chi connectivity index (χ1) is 12.4. The fraction of sp³-hybridized carbons (Fsp3) is 0.238. The van der Waals surface area contributed by atoms with Gasteiger partial charge in [-0.3, -0.25) is 4.79 Å². The maximum Gasteiger partial charge on any atom is 0.253 e. The molecule has 0 saturated carbocycles. The monoisotopic (exact) mass is 387 g/mol. The Kier molecular flexibility index (Phi) is 5.49. The Morgan fingerprint density at radius 1 is 1.15 bits per heavy atom. The van der Waals surface area contributed by atoms with E-state index in [1.54, 1.807) is 18.2 Å². The van der Waals surface area contributed by atoms with Crippen LogP contribution in [0.1, 0.15) is 29.8 Å². The van der Waals surface area contributed by atoms with E-state index in [4.69, 9.17) is 32.9 Å². The molecular weight excluding hydrogens is 369 g/mol. The zero-order valence-corrected chi connectivity index (χ0v) is 16.4. The second kappa shape index (κ2) is 7.65. The third kappa shape index (κ3) is 3.84. The van der Waals surface area contributed by atoms with E-state index in [2.05, 4.69) is 13.8 Å². The number of halogens is 2. The van der Waals surface area contributed by atoms with Crippen LogP contribution in [-0.4, -0.2) is 16.8 Å². The molecule has 134 valence electrons. The van der Waals surface area contributed by atoms with Crippen LogP contribution >= 0.6 is 23.2 Å². The molecule has 0 atom stereocenters. The zero-order valence-electron chi connectivity index (χ0n) is 14.8. The largest absolute Gasteiger partial charge is 0.493 e. The Hall–Kier alpha value is -2.10. The molecule has 5 heteroatoms. The quantitative estimate of drug-likeness (QED) is 0.483. The molecule has 0 radical (unpaired) electrons. The van der Waals surface area contributed by atoms with E-state index in [0.29, 0.717) is 39.7 Å². The Bertz CT molecular complexity index is 966. The van der Waals surface area contributed by atoms with Crippen molar-refractivity contribution in [2.24, 2.45) is 5.92 Å². The fourth-order valence-electron chi connectivity index (χ4n) is 2.70. The number of hydrogen-bond donors (Lipinski definition) is 0. The molecule has 0 N–H and O–H groups in total. The van der Waals surface area contributed by atoms with Gasteiger partial charge in [-0.1, -0.05) is 31.5 Å². The first-order valence-corrected chi connectivity index (χ1v) is 9.15. The van der Waals surface area contributed by atoms with Crippen LogP contribution in [0.5, 0.6) is 5.75 Å². The number of ether oxygens (including phenoxy) is 1. The molecule has 3 nitrogen and oxygen atoms in total. The summed E-state index contributed by atoms with van der Waals surface area (Å²) in [5, 5.41) is 0.789. The number of benzene rings is 2. The van der Waals surface area contributed by atoms with E-state index < -0.39 is 5.24 Å². The van der Waals surface area contributed by atoms with Crippen molar-refractivity contribution in [3.8, 4) is 17.0 Å². The van der Waals surface area contributed by atoms with Crippen molar-refractivity contribution < 1.29 is 9.53 Å². The second-order valence-corrected chi connectivity index (χ2v) is 7.38. The van der Waals surface area contributed by atoms with Crippen LogP contribution in [0.4, 0.5) is 0 Å². The van der Waals surface area contributed by atoms with Crippen molar-refractivity contribution in [2.45, 2.75) is 20.8 Å². The highest BCUT2D eigenvalue weighted by molar-refractivity contribution is 6.68. The van der Waals surface area contributed by atoms with Crippen LogP contribution in [0.25, 0.3) is 22.2 Å². The summed E-state index contributed by atoms with van der Waals surface area (Å²) in [6, 6.07) is 12.9. The number of rotatable bonds is 5. The van der Waals surface area contributed by atoms with Crippen LogP contribution in [0.2, 0.25) is 5.02 Å². The number of carbonyl (C=O) groups is 1. The van der Waals surface area contributed by atoms with Crippen LogP contribution in [0.3, 0.4) is 0 Å². The van der Waals surface area contributed by atoms with Gasteiger partial charge in [-0.05, 0) is 66.4 Å². The lowest BCUT2D eigenvalue weighted by Crippen LogP contribution is -2.04. The van der Waals surface area contributed by atoms with E-state index in [9.17, 15) is 4.79 Å². The molecule has 0 fully saturated rings. The molecule has 1 heterocycles. The lowest BCUT2D eigenvalue weighted by Gasteiger charge is -2.11. The lowest BCUT2D eigenvalue weighted by atomic mass is 10.0. The average molecular weight is 388 g/mol. The van der Waals surface area contributed by atoms with Gasteiger partial charge in [0, 0.05) is 21.5 Å². The van der Waals surface area contributed by atoms with E-state index in [1.165, 1.54) is 0 Å². The molecule has 3 rings (SSSR count). The molecule has 2 aromatic carbocycles. The van der Waals surface area contributed by atoms with Gasteiger partial charge in [-0.15, -0.1) is 0 Å². The molecule has 1 aromatic heterocycles. The minimum absolute atomic E-state index is 0.423. The molecule has 0 saturated heterocycles. The SMILES string of the molecule is Cc1c(Cl)ccc2c(C(=O)Cl)cc(-c3ccc(OCC(C)C)cc3)nc12. The van der Waals surface area contributed by atoms with Gasteiger partial charge < -0.3 is 4.74 Å². The topological polar surface area (TPSA) is 39.2 Å². The lowest BCUT2D eigenvalue weighted by molar-refractivity contribution is 0.108. The van der Waals surface area contributed by atoms with Gasteiger partial charge in [0.05, 0.1) is 17.8 Å². The Balaban J connectivity index is 2.07. The summed E-state index contributed by atoms with van der Waals surface area (Å²) in [5.74, 6) is 1.26. The predicted molar refractivity (Wildman–Crippen MR) is 107 cm³/mol. The summed E-state index contributed by atoms with van der Waals surface area (Å²) >= 11 is 12.0. The molecule has 26 heavy (non-hydrogen) atoms. The molecule has 0 unspecified atom stereocenters. The first-order valence-electron chi connectivity index (χ1n) is 8.39. The Morgan fingerprint density at radius 2 is 1.85 bits per heavy atom. The van der Waals surface area contributed by atoms with Gasteiger partial charge >= 0.3 is 0 Å².